The van der Waals surface area contributed by atoms with Crippen molar-refractivity contribution in [1.29, 1.82) is 0 Å². The lowest BCUT2D eigenvalue weighted by molar-refractivity contribution is 0.548. The molecule has 0 fully saturated rings. The van der Waals surface area contributed by atoms with Crippen molar-refractivity contribution >= 4 is 11.8 Å². The van der Waals surface area contributed by atoms with Crippen molar-refractivity contribution in [3.63, 3.8) is 0 Å². The third kappa shape index (κ3) is 6.74. The summed E-state index contributed by atoms with van der Waals surface area (Å²) in [5, 5.41) is 3.41. The third-order valence-electron chi connectivity index (χ3n) is 2.56. The van der Waals surface area contributed by atoms with Gasteiger partial charge in [-0.15, -0.1) is 0 Å². The minimum absolute atomic E-state index is 0.698. The number of hydrogen-bond donors (Lipinski definition) is 1. The summed E-state index contributed by atoms with van der Waals surface area (Å²) in [7, 11) is 0. The molecule has 1 N–H and O–H groups in total. The van der Waals surface area contributed by atoms with Crippen LogP contribution < -0.4 is 5.32 Å². The van der Waals surface area contributed by atoms with Gasteiger partial charge in [-0.05, 0) is 37.3 Å². The molecule has 1 rings (SSSR count). The first-order valence-corrected chi connectivity index (χ1v) is 7.82. The van der Waals surface area contributed by atoms with Crippen molar-refractivity contribution in [2.75, 3.05) is 18.6 Å². The molecule has 0 aliphatic carbocycles. The van der Waals surface area contributed by atoms with Crippen LogP contribution in [0.4, 0.5) is 0 Å². The molecule has 1 heterocycles. The van der Waals surface area contributed by atoms with E-state index in [1.54, 1.807) is 0 Å². The lowest BCUT2D eigenvalue weighted by Gasteiger charge is -2.05. The van der Waals surface area contributed by atoms with E-state index in [-0.39, 0.29) is 0 Å². The maximum atomic E-state index is 4.41. The summed E-state index contributed by atoms with van der Waals surface area (Å²) < 4.78 is 2.20. The standard InChI is InChI=1S/C13H25N3S/c1-12(2)8-14-9-13-10-16(11-15-13)6-4-5-7-17-3/h10-12,14H,4-9H2,1-3H3. The lowest BCUT2D eigenvalue weighted by Crippen LogP contribution is -2.19. The Morgan fingerprint density at radius 3 is 2.94 bits per heavy atom. The Bertz CT molecular complexity index is 297. The van der Waals surface area contributed by atoms with Gasteiger partial charge in [0.25, 0.3) is 0 Å². The maximum Gasteiger partial charge on any atom is 0.0949 e. The first-order valence-electron chi connectivity index (χ1n) is 6.42. The van der Waals surface area contributed by atoms with Crippen LogP contribution in [0.25, 0.3) is 0 Å². The molecule has 0 aliphatic heterocycles. The zero-order chi connectivity index (χ0) is 12.5. The van der Waals surface area contributed by atoms with E-state index in [1.165, 1.54) is 18.6 Å². The monoisotopic (exact) mass is 255 g/mol. The highest BCUT2D eigenvalue weighted by Gasteiger charge is 1.99. The van der Waals surface area contributed by atoms with Gasteiger partial charge in [-0.25, -0.2) is 4.98 Å². The van der Waals surface area contributed by atoms with E-state index in [9.17, 15) is 0 Å². The molecular weight excluding hydrogens is 230 g/mol. The van der Waals surface area contributed by atoms with Crippen LogP contribution in [-0.4, -0.2) is 28.1 Å². The van der Waals surface area contributed by atoms with Crippen molar-refractivity contribution in [2.45, 2.75) is 39.8 Å². The second-order valence-corrected chi connectivity index (χ2v) is 5.81. The zero-order valence-electron chi connectivity index (χ0n) is 11.3. The van der Waals surface area contributed by atoms with Gasteiger partial charge in [0, 0.05) is 19.3 Å². The average molecular weight is 255 g/mol. The molecule has 0 saturated heterocycles. The van der Waals surface area contributed by atoms with E-state index in [1.807, 2.05) is 18.1 Å². The fourth-order valence-corrected chi connectivity index (χ4v) is 2.14. The van der Waals surface area contributed by atoms with Crippen LogP contribution in [0.5, 0.6) is 0 Å². The molecule has 98 valence electrons. The van der Waals surface area contributed by atoms with Crippen LogP contribution in [0.1, 0.15) is 32.4 Å². The Morgan fingerprint density at radius 2 is 2.24 bits per heavy atom. The number of thioether (sulfide) groups is 1. The van der Waals surface area contributed by atoms with Crippen LogP contribution in [0.2, 0.25) is 0 Å². The molecule has 17 heavy (non-hydrogen) atoms. The number of rotatable bonds is 9. The lowest BCUT2D eigenvalue weighted by atomic mass is 10.2. The van der Waals surface area contributed by atoms with Gasteiger partial charge in [0.05, 0.1) is 12.0 Å². The van der Waals surface area contributed by atoms with E-state index in [2.05, 4.69) is 41.2 Å². The van der Waals surface area contributed by atoms with Gasteiger partial charge in [0.15, 0.2) is 0 Å². The molecule has 1 aromatic heterocycles. The quantitative estimate of drug-likeness (QED) is 0.688. The number of imidazole rings is 1. The zero-order valence-corrected chi connectivity index (χ0v) is 12.1. The van der Waals surface area contributed by atoms with Crippen molar-refractivity contribution in [3.05, 3.63) is 18.2 Å². The molecule has 1 aromatic rings. The Kier molecular flexibility index (Phi) is 7.37. The Balaban J connectivity index is 2.18. The van der Waals surface area contributed by atoms with Crippen LogP contribution in [0.3, 0.4) is 0 Å². The summed E-state index contributed by atoms with van der Waals surface area (Å²) in [5.74, 6) is 1.96. The minimum Gasteiger partial charge on any atom is -0.337 e. The molecule has 0 saturated carbocycles. The van der Waals surface area contributed by atoms with Crippen LogP contribution in [0.15, 0.2) is 12.5 Å². The molecular formula is C13H25N3S. The van der Waals surface area contributed by atoms with Crippen molar-refractivity contribution < 1.29 is 0 Å². The molecule has 4 heteroatoms. The molecule has 0 aromatic carbocycles. The van der Waals surface area contributed by atoms with E-state index in [0.717, 1.165) is 25.3 Å². The van der Waals surface area contributed by atoms with E-state index in [0.29, 0.717) is 5.92 Å². The number of aromatic nitrogens is 2. The number of nitrogens with one attached hydrogen (secondary N) is 1. The predicted octanol–water partition coefficient (Wildman–Crippen LogP) is 2.77. The van der Waals surface area contributed by atoms with E-state index in [4.69, 9.17) is 0 Å². The number of unbranched alkanes of at least 4 members (excludes halogenated alkanes) is 1. The fraction of sp³-hybridized carbons (Fsp3) is 0.769. The van der Waals surface area contributed by atoms with Crippen molar-refractivity contribution in [1.82, 2.24) is 14.9 Å². The summed E-state index contributed by atoms with van der Waals surface area (Å²) in [5.41, 5.74) is 1.15. The second-order valence-electron chi connectivity index (χ2n) is 4.83. The average Bonchev–Trinajstić information content (AvgIpc) is 2.72. The topological polar surface area (TPSA) is 29.9 Å². The third-order valence-corrected chi connectivity index (χ3v) is 3.26. The number of nitrogens with zero attached hydrogens (tertiary/aromatic N) is 2. The normalized spacial score (nSPS) is 11.3. The van der Waals surface area contributed by atoms with Gasteiger partial charge in [-0.3, -0.25) is 0 Å². The van der Waals surface area contributed by atoms with Crippen molar-refractivity contribution in [2.24, 2.45) is 5.92 Å². The molecule has 3 nitrogen and oxygen atoms in total. The smallest absolute Gasteiger partial charge is 0.0949 e. The minimum atomic E-state index is 0.698. The Hall–Kier alpha value is -0.480. The first-order chi connectivity index (χ1) is 8.22. The van der Waals surface area contributed by atoms with Gasteiger partial charge >= 0.3 is 0 Å². The molecule has 0 spiro atoms. The highest BCUT2D eigenvalue weighted by molar-refractivity contribution is 7.98. The van der Waals surface area contributed by atoms with Crippen molar-refractivity contribution in [3.8, 4) is 0 Å². The Morgan fingerprint density at radius 1 is 1.41 bits per heavy atom. The predicted molar refractivity (Wildman–Crippen MR) is 76.4 cm³/mol. The largest absolute Gasteiger partial charge is 0.337 e. The molecule has 0 unspecified atom stereocenters. The molecule has 0 aliphatic rings. The van der Waals surface area contributed by atoms with Gasteiger partial charge in [0.2, 0.25) is 0 Å². The van der Waals surface area contributed by atoms with E-state index < -0.39 is 0 Å². The summed E-state index contributed by atoms with van der Waals surface area (Å²) in [6.07, 6.45) is 8.81. The summed E-state index contributed by atoms with van der Waals surface area (Å²) >= 11 is 1.92. The highest BCUT2D eigenvalue weighted by atomic mass is 32.2. The first kappa shape index (κ1) is 14.6. The fourth-order valence-electron chi connectivity index (χ4n) is 1.65. The molecule has 0 atom stereocenters. The summed E-state index contributed by atoms with van der Waals surface area (Å²) in [4.78, 5) is 4.41. The van der Waals surface area contributed by atoms with Crippen LogP contribution in [-0.2, 0) is 13.1 Å². The van der Waals surface area contributed by atoms with Gasteiger partial charge in [-0.2, -0.15) is 11.8 Å². The summed E-state index contributed by atoms with van der Waals surface area (Å²) in [6, 6.07) is 0. The Labute approximate surface area is 109 Å². The maximum absolute atomic E-state index is 4.41. The van der Waals surface area contributed by atoms with Gasteiger partial charge < -0.3 is 9.88 Å². The SMILES string of the molecule is CSCCCCn1cnc(CNCC(C)C)c1. The van der Waals surface area contributed by atoms with Gasteiger partial charge in [-0.1, -0.05) is 13.8 Å². The second kappa shape index (κ2) is 8.59. The summed E-state index contributed by atoms with van der Waals surface area (Å²) in [6.45, 7) is 7.48. The number of aryl methyl sites for hydroxylation is 1. The molecule has 0 amide bonds. The molecule has 0 radical (unpaired) electrons. The van der Waals surface area contributed by atoms with Gasteiger partial charge in [0.1, 0.15) is 0 Å². The number of hydrogen-bond acceptors (Lipinski definition) is 3. The van der Waals surface area contributed by atoms with E-state index >= 15 is 0 Å². The van der Waals surface area contributed by atoms with Crippen LogP contribution >= 0.6 is 11.8 Å². The highest BCUT2D eigenvalue weighted by Crippen LogP contribution is 2.03. The van der Waals surface area contributed by atoms with Crippen LogP contribution in [0, 0.1) is 5.92 Å². The molecule has 0 bridgehead atoms.